The first-order chi connectivity index (χ1) is 22.6. The Morgan fingerprint density at radius 2 is 1.74 bits per heavy atom. The minimum Gasteiger partial charge on any atom is -0.477 e. The van der Waals surface area contributed by atoms with Crippen molar-refractivity contribution in [1.29, 1.82) is 0 Å². The van der Waals surface area contributed by atoms with Crippen LogP contribution in [0.2, 0.25) is 0 Å². The van der Waals surface area contributed by atoms with E-state index in [1.165, 1.54) is 30.5 Å². The number of hydrogen-bond donors (Lipinski definition) is 2. The van der Waals surface area contributed by atoms with Crippen LogP contribution in [0.25, 0.3) is 17.0 Å². The van der Waals surface area contributed by atoms with Crippen molar-refractivity contribution >= 4 is 51.7 Å². The number of anilines is 2. The van der Waals surface area contributed by atoms with Crippen LogP contribution in [-0.2, 0) is 4.79 Å². The zero-order chi connectivity index (χ0) is 33.2. The van der Waals surface area contributed by atoms with Gasteiger partial charge in [-0.25, -0.2) is 9.18 Å². The number of nitrogens with zero attached hydrogens (tertiary/aromatic N) is 4. The quantitative estimate of drug-likeness (QED) is 0.108. The molecule has 0 spiro atoms. The van der Waals surface area contributed by atoms with Crippen molar-refractivity contribution in [2.45, 2.75) is 18.9 Å². The molecule has 0 atom stereocenters. The predicted octanol–water partition coefficient (Wildman–Crippen LogP) is 4.74. The largest absolute Gasteiger partial charge is 0.477 e. The topological polar surface area (TPSA) is 155 Å². The molecule has 0 radical (unpaired) electrons. The summed E-state index contributed by atoms with van der Waals surface area (Å²) in [5, 5.41) is 23.3. The number of nitro benzene ring substituents is 1. The van der Waals surface area contributed by atoms with E-state index in [0.29, 0.717) is 54.2 Å². The van der Waals surface area contributed by atoms with Gasteiger partial charge in [0.2, 0.25) is 11.3 Å². The fourth-order valence-corrected chi connectivity index (χ4v) is 5.69. The van der Waals surface area contributed by atoms with E-state index in [9.17, 15) is 34.4 Å². The fourth-order valence-electron chi connectivity index (χ4n) is 5.69. The molecule has 4 aromatic rings. The Bertz CT molecular complexity index is 1990. The number of carbonyl (C=O) groups excluding carboxylic acids is 2. The molecule has 0 bridgehead atoms. The lowest BCUT2D eigenvalue weighted by Crippen LogP contribution is -2.49. The molecule has 1 aromatic heterocycles. The number of carboxylic acids is 1. The molecule has 13 heteroatoms. The molecular formula is C34H30FN5O7. The van der Waals surface area contributed by atoms with Crippen LogP contribution < -0.4 is 15.6 Å². The van der Waals surface area contributed by atoms with Gasteiger partial charge in [0, 0.05) is 67.2 Å². The van der Waals surface area contributed by atoms with Crippen LogP contribution in [0.15, 0.2) is 77.7 Å². The molecule has 2 heterocycles. The Labute approximate surface area is 267 Å². The van der Waals surface area contributed by atoms with Crippen LogP contribution in [0, 0.1) is 15.9 Å². The fraction of sp³-hybridized carbons (Fsp3) is 0.235. The van der Waals surface area contributed by atoms with Crippen LogP contribution in [0.1, 0.15) is 45.2 Å². The van der Waals surface area contributed by atoms with Gasteiger partial charge in [-0.2, -0.15) is 0 Å². The van der Waals surface area contributed by atoms with Gasteiger partial charge in [-0.3, -0.25) is 29.4 Å². The number of piperazine rings is 1. The number of aromatic nitrogens is 1. The third-order valence-electron chi connectivity index (χ3n) is 8.31. The molecule has 3 aromatic carbocycles. The van der Waals surface area contributed by atoms with Crippen molar-refractivity contribution < 1.29 is 28.8 Å². The summed E-state index contributed by atoms with van der Waals surface area (Å²) < 4.78 is 17.1. The number of ketones is 1. The average molecular weight is 640 g/mol. The molecule has 1 aliphatic carbocycles. The van der Waals surface area contributed by atoms with E-state index < -0.39 is 22.1 Å². The first-order valence-electron chi connectivity index (χ1n) is 15.0. The van der Waals surface area contributed by atoms with Gasteiger partial charge >= 0.3 is 5.97 Å². The smallest absolute Gasteiger partial charge is 0.341 e. The number of fused-ring (bicyclic) bond motifs is 1. The van der Waals surface area contributed by atoms with Gasteiger partial charge in [0.05, 0.1) is 22.7 Å². The summed E-state index contributed by atoms with van der Waals surface area (Å²) in [7, 11) is 0. The summed E-state index contributed by atoms with van der Waals surface area (Å²) in [4.78, 5) is 64.0. The first-order valence-corrected chi connectivity index (χ1v) is 15.0. The molecule has 2 N–H and O–H groups in total. The van der Waals surface area contributed by atoms with E-state index in [2.05, 4.69) is 5.32 Å². The zero-order valence-corrected chi connectivity index (χ0v) is 25.1. The maximum absolute atomic E-state index is 15.3. The number of nitro groups is 1. The number of non-ortho nitro benzene ring substituents is 1. The van der Waals surface area contributed by atoms with Crippen molar-refractivity contribution in [2.75, 3.05) is 42.9 Å². The Hall–Kier alpha value is -5.69. The highest BCUT2D eigenvalue weighted by Crippen LogP contribution is 2.38. The highest BCUT2D eigenvalue weighted by atomic mass is 19.1. The van der Waals surface area contributed by atoms with Crippen molar-refractivity contribution in [3.63, 3.8) is 0 Å². The molecular weight excluding hydrogens is 609 g/mol. The number of nitrogens with one attached hydrogen (secondary N) is 1. The molecule has 1 aliphatic heterocycles. The number of hydrogen-bond acceptors (Lipinski definition) is 8. The van der Waals surface area contributed by atoms with Gasteiger partial charge in [-0.1, -0.05) is 18.2 Å². The summed E-state index contributed by atoms with van der Waals surface area (Å²) >= 11 is 0. The standard InChI is InChI=1S/C34H30FN5O7/c35-28-17-26-29(39(24-9-10-24)19-27(33(26)43)34(44)45)18-30(28)38-14-12-37(13-15-38)20-32(42)36-23-7-5-22(6-8-23)31(41)11-4-21-2-1-3-25(16-21)40(46)47/h1-8,11,16-19,24H,9-10,12-15,20H2,(H,36,42)(H,44,45)/b11-4+. The van der Waals surface area contributed by atoms with Crippen LogP contribution >= 0.6 is 0 Å². The molecule has 240 valence electrons. The number of carbonyl (C=O) groups is 3. The zero-order valence-electron chi connectivity index (χ0n) is 25.1. The number of benzene rings is 3. The third-order valence-corrected chi connectivity index (χ3v) is 8.31. The van der Waals surface area contributed by atoms with Gasteiger partial charge in [0.1, 0.15) is 11.4 Å². The van der Waals surface area contributed by atoms with Gasteiger partial charge in [-0.15, -0.1) is 0 Å². The third kappa shape index (κ3) is 6.94. The number of halogens is 1. The Balaban J connectivity index is 1.04. The number of carboxylic acid groups (broad SMARTS) is 1. The lowest BCUT2D eigenvalue weighted by Gasteiger charge is -2.36. The number of pyridine rings is 1. The Kier molecular flexibility index (Phi) is 8.63. The van der Waals surface area contributed by atoms with Gasteiger partial charge in [0.25, 0.3) is 5.69 Å². The Morgan fingerprint density at radius 3 is 2.40 bits per heavy atom. The molecule has 1 saturated heterocycles. The van der Waals surface area contributed by atoms with Crippen LogP contribution in [0.5, 0.6) is 0 Å². The minimum atomic E-state index is -1.34. The molecule has 6 rings (SSSR count). The second kappa shape index (κ2) is 13.0. The van der Waals surface area contributed by atoms with E-state index in [-0.39, 0.29) is 40.9 Å². The average Bonchev–Trinajstić information content (AvgIpc) is 3.90. The van der Waals surface area contributed by atoms with Crippen molar-refractivity contribution in [2.24, 2.45) is 0 Å². The molecule has 1 saturated carbocycles. The number of aromatic carboxylic acids is 1. The summed E-state index contributed by atoms with van der Waals surface area (Å²) in [6.45, 7) is 1.97. The predicted molar refractivity (Wildman–Crippen MR) is 174 cm³/mol. The summed E-state index contributed by atoms with van der Waals surface area (Å²) in [6, 6.07) is 15.2. The van der Waals surface area contributed by atoms with Gasteiger partial charge in [0.15, 0.2) is 5.78 Å². The summed E-state index contributed by atoms with van der Waals surface area (Å²) in [6.07, 6.45) is 5.90. The number of rotatable bonds is 10. The normalized spacial score (nSPS) is 15.2. The molecule has 47 heavy (non-hydrogen) atoms. The van der Waals surface area contributed by atoms with E-state index in [1.807, 2.05) is 9.80 Å². The molecule has 2 aliphatic rings. The van der Waals surface area contributed by atoms with Crippen molar-refractivity contribution in [3.8, 4) is 0 Å². The number of allylic oxidation sites excluding steroid dienone is 1. The maximum atomic E-state index is 15.3. The highest BCUT2D eigenvalue weighted by Gasteiger charge is 2.29. The van der Waals surface area contributed by atoms with Crippen LogP contribution in [0.3, 0.4) is 0 Å². The molecule has 2 fully saturated rings. The van der Waals surface area contributed by atoms with Crippen LogP contribution in [0.4, 0.5) is 21.5 Å². The lowest BCUT2D eigenvalue weighted by molar-refractivity contribution is -0.384. The summed E-state index contributed by atoms with van der Waals surface area (Å²) in [5.74, 6) is -2.49. The van der Waals surface area contributed by atoms with E-state index in [4.69, 9.17) is 0 Å². The van der Waals surface area contributed by atoms with Gasteiger partial charge < -0.3 is 19.9 Å². The monoisotopic (exact) mass is 639 g/mol. The molecule has 0 unspecified atom stereocenters. The molecule has 12 nitrogen and oxygen atoms in total. The first kappa shape index (κ1) is 31.3. The second-order valence-corrected chi connectivity index (χ2v) is 11.6. The summed E-state index contributed by atoms with van der Waals surface area (Å²) in [5.41, 5.74) is 1.11. The van der Waals surface area contributed by atoms with E-state index >= 15 is 4.39 Å². The van der Waals surface area contributed by atoms with E-state index in [1.54, 1.807) is 47.0 Å². The van der Waals surface area contributed by atoms with Gasteiger partial charge in [-0.05, 0) is 60.9 Å². The second-order valence-electron chi connectivity index (χ2n) is 11.6. The highest BCUT2D eigenvalue weighted by molar-refractivity contribution is 6.07. The molecule has 1 amide bonds. The Morgan fingerprint density at radius 1 is 1.02 bits per heavy atom. The SMILES string of the molecule is O=C(CN1CCN(c2cc3c(cc2F)c(=O)c(C(=O)O)cn3C2CC2)CC1)Nc1ccc(C(=O)/C=C/c2cccc([N+](=O)[O-])c2)cc1. The maximum Gasteiger partial charge on any atom is 0.341 e. The number of amides is 1. The van der Waals surface area contributed by atoms with Crippen LogP contribution in [-0.4, -0.2) is 69.9 Å². The van der Waals surface area contributed by atoms with E-state index in [0.717, 1.165) is 18.9 Å². The minimum absolute atomic E-state index is 0.0442. The van der Waals surface area contributed by atoms with Crippen molar-refractivity contribution in [1.82, 2.24) is 9.47 Å². The van der Waals surface area contributed by atoms with Crippen molar-refractivity contribution in [3.05, 3.63) is 116 Å². The lowest BCUT2D eigenvalue weighted by atomic mass is 10.1.